The van der Waals surface area contributed by atoms with E-state index in [2.05, 4.69) is 5.32 Å². The molecule has 1 aliphatic heterocycles. The molecule has 3 N–H and O–H groups in total. The van der Waals surface area contributed by atoms with Gasteiger partial charge in [0.05, 0.1) is 5.60 Å². The average Bonchev–Trinajstić information content (AvgIpc) is 2.08. The van der Waals surface area contributed by atoms with Crippen molar-refractivity contribution in [3.8, 4) is 0 Å². The van der Waals surface area contributed by atoms with Crippen LogP contribution in [0.4, 0.5) is 0 Å². The highest BCUT2D eigenvalue weighted by molar-refractivity contribution is 5.75. The Balaban J connectivity index is 2.68. The highest BCUT2D eigenvalue weighted by atomic mass is 16.4. The molecule has 0 aromatic rings. The second-order valence-electron chi connectivity index (χ2n) is 2.83. The quantitative estimate of drug-likeness (QED) is 0.451. The highest BCUT2D eigenvalue weighted by Gasteiger charge is 2.41. The van der Waals surface area contributed by atoms with Crippen molar-refractivity contribution in [3.05, 3.63) is 0 Å². The zero-order chi connectivity index (χ0) is 7.78. The molecule has 0 aromatic carbocycles. The molecule has 0 aliphatic carbocycles. The molecular weight excluding hydrogens is 134 g/mol. The van der Waals surface area contributed by atoms with Crippen LogP contribution >= 0.6 is 0 Å². The number of hydrogen-bond donors (Lipinski definition) is 3. The molecule has 0 aromatic heterocycles. The summed E-state index contributed by atoms with van der Waals surface area (Å²) in [7, 11) is 0. The second-order valence-corrected chi connectivity index (χ2v) is 2.83. The van der Waals surface area contributed by atoms with Gasteiger partial charge < -0.3 is 15.5 Å². The molecule has 1 fully saturated rings. The van der Waals surface area contributed by atoms with Crippen LogP contribution in [0.3, 0.4) is 0 Å². The molecule has 1 heterocycles. The Morgan fingerprint density at radius 2 is 2.40 bits per heavy atom. The summed E-state index contributed by atoms with van der Waals surface area (Å²) in [6, 6.07) is -0.799. The minimum atomic E-state index is -1.08. The second kappa shape index (κ2) is 2.21. The van der Waals surface area contributed by atoms with Crippen LogP contribution in [0.15, 0.2) is 0 Å². The predicted octanol–water partition coefficient (Wildman–Crippen LogP) is -0.816. The molecule has 2 atom stereocenters. The first-order valence-corrected chi connectivity index (χ1v) is 3.22. The van der Waals surface area contributed by atoms with Gasteiger partial charge >= 0.3 is 5.97 Å². The monoisotopic (exact) mass is 145 g/mol. The first-order chi connectivity index (χ1) is 4.54. The van der Waals surface area contributed by atoms with Gasteiger partial charge in [0.2, 0.25) is 0 Å². The minimum Gasteiger partial charge on any atom is -0.480 e. The van der Waals surface area contributed by atoms with E-state index in [1.54, 1.807) is 0 Å². The summed E-state index contributed by atoms with van der Waals surface area (Å²) < 4.78 is 0. The summed E-state index contributed by atoms with van der Waals surface area (Å²) in [5, 5.41) is 20.6. The fourth-order valence-corrected chi connectivity index (χ4v) is 1.19. The van der Waals surface area contributed by atoms with Gasteiger partial charge in [-0.05, 0) is 19.9 Å². The van der Waals surface area contributed by atoms with Gasteiger partial charge in [-0.25, -0.2) is 0 Å². The maximum atomic E-state index is 10.4. The Labute approximate surface area is 58.9 Å². The molecule has 1 rings (SSSR count). The van der Waals surface area contributed by atoms with Crippen molar-refractivity contribution < 1.29 is 15.0 Å². The van der Waals surface area contributed by atoms with Crippen molar-refractivity contribution in [3.63, 3.8) is 0 Å². The first kappa shape index (κ1) is 7.50. The third kappa shape index (κ3) is 1.12. The summed E-state index contributed by atoms with van der Waals surface area (Å²) in [5.74, 6) is -0.984. The molecule has 0 radical (unpaired) electrons. The number of hydrogen-bond acceptors (Lipinski definition) is 3. The van der Waals surface area contributed by atoms with Crippen molar-refractivity contribution in [2.75, 3.05) is 6.54 Å². The zero-order valence-electron chi connectivity index (χ0n) is 5.79. The van der Waals surface area contributed by atoms with Crippen molar-refractivity contribution in [2.24, 2.45) is 0 Å². The van der Waals surface area contributed by atoms with Crippen LogP contribution in [0.5, 0.6) is 0 Å². The van der Waals surface area contributed by atoms with Crippen LogP contribution in [0, 0.1) is 0 Å². The van der Waals surface area contributed by atoms with Gasteiger partial charge in [0.1, 0.15) is 6.04 Å². The smallest absolute Gasteiger partial charge is 0.323 e. The van der Waals surface area contributed by atoms with Gasteiger partial charge in [-0.2, -0.15) is 0 Å². The Morgan fingerprint density at radius 1 is 1.80 bits per heavy atom. The van der Waals surface area contributed by atoms with Crippen molar-refractivity contribution in [1.29, 1.82) is 0 Å². The maximum absolute atomic E-state index is 10.4. The van der Waals surface area contributed by atoms with Crippen molar-refractivity contribution in [1.82, 2.24) is 5.32 Å². The molecular formula is C6H11NO3. The number of aliphatic hydroxyl groups is 1. The molecule has 4 nitrogen and oxygen atoms in total. The fourth-order valence-electron chi connectivity index (χ4n) is 1.19. The van der Waals surface area contributed by atoms with E-state index in [0.29, 0.717) is 13.0 Å². The molecule has 0 amide bonds. The van der Waals surface area contributed by atoms with E-state index in [1.165, 1.54) is 6.92 Å². The van der Waals surface area contributed by atoms with Crippen molar-refractivity contribution in [2.45, 2.75) is 25.0 Å². The molecule has 0 bridgehead atoms. The Hall–Kier alpha value is -0.610. The summed E-state index contributed by atoms with van der Waals surface area (Å²) >= 11 is 0. The summed E-state index contributed by atoms with van der Waals surface area (Å²) in [4.78, 5) is 10.4. The summed E-state index contributed by atoms with van der Waals surface area (Å²) in [6.45, 7) is 2.11. The fraction of sp³-hybridized carbons (Fsp3) is 0.833. The Kier molecular flexibility index (Phi) is 1.66. The molecule has 10 heavy (non-hydrogen) atoms. The minimum absolute atomic E-state index is 0.504. The van der Waals surface area contributed by atoms with E-state index in [-0.39, 0.29) is 0 Å². The normalized spacial score (nSPS) is 40.0. The molecule has 0 unspecified atom stereocenters. The average molecular weight is 145 g/mol. The standard InChI is InChI=1S/C6H11NO3/c1-6(10)2-3-7-4(6)5(8)9/h4,7,10H,2-3H2,1H3,(H,8,9)/t4-,6+/m0/s1. The lowest BCUT2D eigenvalue weighted by atomic mass is 9.98. The summed E-state index contributed by atoms with van der Waals surface area (Å²) in [5.41, 5.74) is -1.08. The number of nitrogens with one attached hydrogen (secondary N) is 1. The lowest BCUT2D eigenvalue weighted by molar-refractivity contribution is -0.144. The molecule has 0 spiro atoms. The Morgan fingerprint density at radius 3 is 2.60 bits per heavy atom. The van der Waals surface area contributed by atoms with Gasteiger partial charge in [-0.15, -0.1) is 0 Å². The van der Waals surface area contributed by atoms with Gasteiger partial charge in [-0.3, -0.25) is 4.79 Å². The van der Waals surface area contributed by atoms with Crippen molar-refractivity contribution >= 4 is 5.97 Å². The number of carboxylic acid groups (broad SMARTS) is 1. The van der Waals surface area contributed by atoms with Crippen LogP contribution in [0.2, 0.25) is 0 Å². The van der Waals surface area contributed by atoms with Crippen LogP contribution in [0.1, 0.15) is 13.3 Å². The van der Waals surface area contributed by atoms with E-state index >= 15 is 0 Å². The van der Waals surface area contributed by atoms with E-state index < -0.39 is 17.6 Å². The van der Waals surface area contributed by atoms with Gasteiger partial charge in [0.25, 0.3) is 0 Å². The van der Waals surface area contributed by atoms with Gasteiger partial charge in [0.15, 0.2) is 0 Å². The number of aliphatic carboxylic acids is 1. The largest absolute Gasteiger partial charge is 0.480 e. The van der Waals surface area contributed by atoms with E-state index in [9.17, 15) is 9.90 Å². The zero-order valence-corrected chi connectivity index (χ0v) is 5.79. The third-order valence-corrected chi connectivity index (χ3v) is 1.85. The molecule has 1 saturated heterocycles. The molecule has 1 aliphatic rings. The number of rotatable bonds is 1. The highest BCUT2D eigenvalue weighted by Crippen LogP contribution is 2.19. The van der Waals surface area contributed by atoms with E-state index in [1.807, 2.05) is 0 Å². The lowest BCUT2D eigenvalue weighted by Crippen LogP contribution is -2.46. The van der Waals surface area contributed by atoms with Gasteiger partial charge in [-0.1, -0.05) is 0 Å². The van der Waals surface area contributed by atoms with E-state index in [4.69, 9.17) is 5.11 Å². The number of carboxylic acids is 1. The SMILES string of the molecule is C[C@@]1(O)CCN[C@H]1C(=O)O. The maximum Gasteiger partial charge on any atom is 0.323 e. The van der Waals surface area contributed by atoms with Crippen LogP contribution in [-0.4, -0.2) is 34.4 Å². The topological polar surface area (TPSA) is 69.6 Å². The number of carbonyl (C=O) groups is 1. The third-order valence-electron chi connectivity index (χ3n) is 1.85. The molecule has 4 heteroatoms. The van der Waals surface area contributed by atoms with E-state index in [0.717, 1.165) is 0 Å². The molecule has 58 valence electrons. The summed E-state index contributed by atoms with van der Waals surface area (Å²) in [6.07, 6.45) is 0.504. The predicted molar refractivity (Wildman–Crippen MR) is 34.7 cm³/mol. The van der Waals surface area contributed by atoms with Gasteiger partial charge in [0, 0.05) is 0 Å². The first-order valence-electron chi connectivity index (χ1n) is 3.22. The molecule has 0 saturated carbocycles. The van der Waals surface area contributed by atoms with Crippen LogP contribution < -0.4 is 5.32 Å². The lowest BCUT2D eigenvalue weighted by Gasteiger charge is -2.20. The Bertz CT molecular complexity index is 155. The van der Waals surface area contributed by atoms with Crippen LogP contribution in [0.25, 0.3) is 0 Å². The van der Waals surface area contributed by atoms with Crippen LogP contribution in [-0.2, 0) is 4.79 Å².